The van der Waals surface area contributed by atoms with Crippen molar-refractivity contribution in [3.63, 3.8) is 0 Å². The number of carbonyl (C=O) groups is 1. The molecule has 0 heterocycles. The van der Waals surface area contributed by atoms with Crippen molar-refractivity contribution in [2.45, 2.75) is 6.92 Å². The number of hydrogen-bond acceptors (Lipinski definition) is 8. The van der Waals surface area contributed by atoms with Gasteiger partial charge in [-0.25, -0.2) is 26.4 Å². The van der Waals surface area contributed by atoms with Crippen molar-refractivity contribution in [3.05, 3.63) is 12.2 Å². The molecule has 0 spiro atoms. The molecular weight excluding hydrogens is 384 g/mol. The van der Waals surface area contributed by atoms with Gasteiger partial charge in [-0.1, -0.05) is 6.58 Å². The lowest BCUT2D eigenvalue weighted by atomic mass is 10.4. The number of nitrogens with one attached hydrogen (secondary N) is 3. The first-order chi connectivity index (χ1) is 11.9. The fourth-order valence-electron chi connectivity index (χ4n) is 1.77. The van der Waals surface area contributed by atoms with Crippen molar-refractivity contribution in [1.29, 1.82) is 0 Å². The van der Waals surface area contributed by atoms with Crippen LogP contribution in [0.1, 0.15) is 6.92 Å². The Morgan fingerprint density at radius 2 is 1.50 bits per heavy atom. The molecule has 0 rings (SSSR count). The van der Waals surface area contributed by atoms with Crippen LogP contribution < -0.4 is 15.4 Å². The molecule has 0 aliphatic carbocycles. The van der Waals surface area contributed by atoms with E-state index in [1.54, 1.807) is 6.92 Å². The maximum Gasteiger partial charge on any atom is 0.333 e. The molecular formula is C14H30N4O6S2. The second-order valence-electron chi connectivity index (χ2n) is 5.74. The van der Waals surface area contributed by atoms with Gasteiger partial charge in [-0.05, 0) is 6.92 Å². The average Bonchev–Trinajstić information content (AvgIpc) is 2.48. The molecule has 0 aliphatic heterocycles. The van der Waals surface area contributed by atoms with E-state index < -0.39 is 26.0 Å². The Balaban J connectivity index is 3.86. The Bertz CT molecular complexity index is 648. The molecule has 0 unspecified atom stereocenters. The summed E-state index contributed by atoms with van der Waals surface area (Å²) in [4.78, 5) is 11.1. The smallest absolute Gasteiger partial charge is 0.333 e. The molecule has 0 amide bonds. The van der Waals surface area contributed by atoms with Gasteiger partial charge >= 0.3 is 5.97 Å². The van der Waals surface area contributed by atoms with Gasteiger partial charge in [-0.2, -0.15) is 4.31 Å². The number of esters is 1. The normalized spacial score (nSPS) is 12.3. The second-order valence-corrected chi connectivity index (χ2v) is 9.56. The summed E-state index contributed by atoms with van der Waals surface area (Å²) >= 11 is 0. The van der Waals surface area contributed by atoms with Gasteiger partial charge in [-0.3, -0.25) is 0 Å². The molecule has 0 fully saturated rings. The zero-order chi connectivity index (χ0) is 20.2. The summed E-state index contributed by atoms with van der Waals surface area (Å²) < 4.78 is 53.8. The van der Waals surface area contributed by atoms with Gasteiger partial charge in [0.1, 0.15) is 6.61 Å². The van der Waals surface area contributed by atoms with Crippen molar-refractivity contribution in [2.24, 2.45) is 0 Å². The van der Waals surface area contributed by atoms with E-state index in [4.69, 9.17) is 4.74 Å². The third-order valence-corrected chi connectivity index (χ3v) is 5.10. The lowest BCUT2D eigenvalue weighted by molar-refractivity contribution is -0.138. The predicted octanol–water partition coefficient (Wildman–Crippen LogP) is -1.90. The SMILES string of the molecule is C=C(C)C(=O)OCCNCCNCCN(CCNS(C)(=O)=O)S(C)(=O)=O. The minimum Gasteiger partial charge on any atom is -0.461 e. The van der Waals surface area contributed by atoms with Gasteiger partial charge in [0, 0.05) is 51.4 Å². The molecule has 0 aromatic rings. The zero-order valence-electron chi connectivity index (χ0n) is 15.6. The molecule has 0 radical (unpaired) electrons. The first kappa shape index (κ1) is 24.9. The van der Waals surface area contributed by atoms with Crippen LogP contribution in [0.4, 0.5) is 0 Å². The maximum atomic E-state index is 11.7. The molecule has 10 nitrogen and oxygen atoms in total. The van der Waals surface area contributed by atoms with E-state index in [1.165, 1.54) is 4.31 Å². The van der Waals surface area contributed by atoms with Gasteiger partial charge in [0.25, 0.3) is 0 Å². The summed E-state index contributed by atoms with van der Waals surface area (Å²) in [7, 11) is -6.76. The summed E-state index contributed by atoms with van der Waals surface area (Å²) in [5.41, 5.74) is 0.355. The number of carbonyl (C=O) groups excluding carboxylic acids is 1. The molecule has 3 N–H and O–H groups in total. The van der Waals surface area contributed by atoms with Gasteiger partial charge in [0.05, 0.1) is 12.5 Å². The van der Waals surface area contributed by atoms with Crippen LogP contribution in [0, 0.1) is 0 Å². The highest BCUT2D eigenvalue weighted by Crippen LogP contribution is 1.96. The third-order valence-electron chi connectivity index (χ3n) is 3.07. The van der Waals surface area contributed by atoms with Gasteiger partial charge < -0.3 is 15.4 Å². The Morgan fingerprint density at radius 3 is 2.00 bits per heavy atom. The first-order valence-corrected chi connectivity index (χ1v) is 11.8. The fraction of sp³-hybridized carbons (Fsp3) is 0.786. The summed E-state index contributed by atoms with van der Waals surface area (Å²) in [5.74, 6) is -0.420. The number of hydrogen-bond donors (Lipinski definition) is 3. The molecule has 12 heteroatoms. The van der Waals surface area contributed by atoms with Crippen LogP contribution >= 0.6 is 0 Å². The van der Waals surface area contributed by atoms with Crippen LogP contribution in [0.15, 0.2) is 12.2 Å². The topological polar surface area (TPSA) is 134 Å². The minimum absolute atomic E-state index is 0.0242. The number of rotatable bonds is 15. The van der Waals surface area contributed by atoms with Crippen molar-refractivity contribution in [3.8, 4) is 0 Å². The molecule has 0 aliphatic rings. The average molecular weight is 415 g/mol. The molecule has 0 aromatic heterocycles. The monoisotopic (exact) mass is 414 g/mol. The van der Waals surface area contributed by atoms with E-state index in [9.17, 15) is 21.6 Å². The summed E-state index contributed by atoms with van der Waals surface area (Å²) in [6.45, 7) is 7.81. The quantitative estimate of drug-likeness (QED) is 0.161. The van der Waals surface area contributed by atoms with E-state index in [0.717, 1.165) is 12.5 Å². The van der Waals surface area contributed by atoms with Crippen LogP contribution in [0.5, 0.6) is 0 Å². The minimum atomic E-state index is -3.42. The Kier molecular flexibility index (Phi) is 11.9. The zero-order valence-corrected chi connectivity index (χ0v) is 17.2. The van der Waals surface area contributed by atoms with Gasteiger partial charge in [0.15, 0.2) is 0 Å². The Hall–Kier alpha value is -1.05. The first-order valence-electron chi connectivity index (χ1n) is 8.07. The van der Waals surface area contributed by atoms with Crippen molar-refractivity contribution in [1.82, 2.24) is 19.7 Å². The largest absolute Gasteiger partial charge is 0.461 e. The Labute approximate surface area is 156 Å². The maximum absolute atomic E-state index is 11.7. The third kappa shape index (κ3) is 14.2. The lowest BCUT2D eigenvalue weighted by Gasteiger charge is -2.20. The van der Waals surface area contributed by atoms with E-state index in [0.29, 0.717) is 31.8 Å². The molecule has 0 atom stereocenters. The molecule has 0 aromatic carbocycles. The second kappa shape index (κ2) is 12.4. The van der Waals surface area contributed by atoms with Crippen LogP contribution in [-0.4, -0.2) is 92.0 Å². The highest BCUT2D eigenvalue weighted by atomic mass is 32.2. The van der Waals surface area contributed by atoms with Crippen LogP contribution in [-0.2, 0) is 29.6 Å². The van der Waals surface area contributed by atoms with Crippen LogP contribution in [0.3, 0.4) is 0 Å². The van der Waals surface area contributed by atoms with E-state index >= 15 is 0 Å². The number of sulfonamides is 2. The van der Waals surface area contributed by atoms with Crippen molar-refractivity contribution < 1.29 is 26.4 Å². The Morgan fingerprint density at radius 1 is 0.962 bits per heavy atom. The predicted molar refractivity (Wildman–Crippen MR) is 101 cm³/mol. The van der Waals surface area contributed by atoms with Crippen molar-refractivity contribution >= 4 is 26.0 Å². The van der Waals surface area contributed by atoms with E-state index in [-0.39, 0.29) is 26.2 Å². The number of nitrogens with zero attached hydrogens (tertiary/aromatic N) is 1. The molecule has 0 bridgehead atoms. The highest BCUT2D eigenvalue weighted by molar-refractivity contribution is 7.88. The molecule has 0 saturated carbocycles. The summed E-state index contributed by atoms with van der Waals surface area (Å²) in [6, 6.07) is 0. The summed E-state index contributed by atoms with van der Waals surface area (Å²) in [5, 5.41) is 6.15. The molecule has 154 valence electrons. The van der Waals surface area contributed by atoms with Gasteiger partial charge in [-0.15, -0.1) is 0 Å². The highest BCUT2D eigenvalue weighted by Gasteiger charge is 2.16. The lowest BCUT2D eigenvalue weighted by Crippen LogP contribution is -2.42. The fourth-order valence-corrected chi connectivity index (χ4v) is 3.08. The molecule has 26 heavy (non-hydrogen) atoms. The van der Waals surface area contributed by atoms with Crippen LogP contribution in [0.25, 0.3) is 0 Å². The van der Waals surface area contributed by atoms with E-state index in [1.807, 2.05) is 0 Å². The summed E-state index contributed by atoms with van der Waals surface area (Å²) in [6.07, 6.45) is 2.10. The van der Waals surface area contributed by atoms with Crippen LogP contribution in [0.2, 0.25) is 0 Å². The standard InChI is InChI=1S/C14H30N4O6S2/c1-13(2)14(19)24-12-9-16-6-5-15-7-10-18(26(4,22)23)11-8-17-25(3,20)21/h15-17H,1,5-12H2,2-4H3. The van der Waals surface area contributed by atoms with E-state index in [2.05, 4.69) is 21.9 Å². The van der Waals surface area contributed by atoms with Crippen molar-refractivity contribution in [2.75, 3.05) is 64.9 Å². The molecule has 0 saturated heterocycles. The van der Waals surface area contributed by atoms with Gasteiger partial charge in [0.2, 0.25) is 20.0 Å². The number of ether oxygens (including phenoxy) is 1.